The Balaban J connectivity index is 2.03. The molecule has 1 heterocycles. The Hall–Kier alpha value is -0.870. The highest BCUT2D eigenvalue weighted by Gasteiger charge is 2.29. The van der Waals surface area contributed by atoms with Crippen molar-refractivity contribution in [2.75, 3.05) is 13.2 Å². The number of halogens is 1. The molecule has 4 heteroatoms. The van der Waals surface area contributed by atoms with Crippen LogP contribution in [-0.4, -0.2) is 24.7 Å². The Kier molecular flexibility index (Phi) is 3.84. The molecule has 1 amide bonds. The van der Waals surface area contributed by atoms with Crippen LogP contribution in [0, 0.1) is 0 Å². The van der Waals surface area contributed by atoms with E-state index in [1.54, 1.807) is 0 Å². The van der Waals surface area contributed by atoms with Crippen LogP contribution in [0.4, 0.5) is 0 Å². The molecule has 0 radical (unpaired) electrons. The second kappa shape index (κ2) is 5.19. The number of hydrogen-bond donors (Lipinski definition) is 1. The Bertz CT molecular complexity index is 396. The molecule has 0 saturated carbocycles. The molecule has 0 aliphatic carbocycles. The Morgan fingerprint density at radius 1 is 1.41 bits per heavy atom. The van der Waals surface area contributed by atoms with Gasteiger partial charge < -0.3 is 10.1 Å². The van der Waals surface area contributed by atoms with Crippen molar-refractivity contribution < 1.29 is 9.53 Å². The first-order valence-electron chi connectivity index (χ1n) is 5.75. The van der Waals surface area contributed by atoms with E-state index in [9.17, 15) is 4.79 Å². The molecule has 3 nitrogen and oxygen atoms in total. The van der Waals surface area contributed by atoms with Gasteiger partial charge in [0.25, 0.3) is 5.91 Å². The van der Waals surface area contributed by atoms with Crippen LogP contribution in [-0.2, 0) is 4.74 Å². The van der Waals surface area contributed by atoms with E-state index in [-0.39, 0.29) is 11.4 Å². The minimum Gasteiger partial charge on any atom is -0.379 e. The number of benzene rings is 1. The van der Waals surface area contributed by atoms with Crippen molar-refractivity contribution >= 4 is 21.8 Å². The van der Waals surface area contributed by atoms with Gasteiger partial charge in [0, 0.05) is 16.6 Å². The number of rotatable bonds is 2. The fraction of sp³-hybridized carbons (Fsp3) is 0.462. The number of hydrogen-bond acceptors (Lipinski definition) is 2. The predicted octanol–water partition coefficient (Wildman–Crippen LogP) is 2.75. The highest BCUT2D eigenvalue weighted by molar-refractivity contribution is 9.10. The molecule has 1 saturated heterocycles. The highest BCUT2D eigenvalue weighted by atomic mass is 79.9. The first-order chi connectivity index (χ1) is 8.09. The van der Waals surface area contributed by atoms with Gasteiger partial charge in [-0.3, -0.25) is 4.79 Å². The molecule has 1 unspecified atom stereocenters. The third-order valence-corrected chi connectivity index (χ3v) is 3.49. The third-order valence-electron chi connectivity index (χ3n) is 2.96. The smallest absolute Gasteiger partial charge is 0.251 e. The first kappa shape index (κ1) is 12.6. The molecule has 1 atom stereocenters. The number of amides is 1. The average Bonchev–Trinajstić information content (AvgIpc) is 2.30. The zero-order chi connectivity index (χ0) is 12.3. The van der Waals surface area contributed by atoms with E-state index >= 15 is 0 Å². The van der Waals surface area contributed by atoms with Gasteiger partial charge in [-0.15, -0.1) is 0 Å². The van der Waals surface area contributed by atoms with Crippen LogP contribution in [0.1, 0.15) is 30.1 Å². The van der Waals surface area contributed by atoms with Gasteiger partial charge in [0.15, 0.2) is 0 Å². The van der Waals surface area contributed by atoms with E-state index in [0.29, 0.717) is 12.2 Å². The molecule has 0 aromatic heterocycles. The Morgan fingerprint density at radius 2 is 2.12 bits per heavy atom. The molecular formula is C13H16BrNO2. The zero-order valence-electron chi connectivity index (χ0n) is 9.83. The SMILES string of the molecule is CC1(NC(=O)c2ccc(Br)cc2)CCCOC1. The predicted molar refractivity (Wildman–Crippen MR) is 70.1 cm³/mol. The molecule has 1 N–H and O–H groups in total. The van der Waals surface area contributed by atoms with Gasteiger partial charge in [-0.1, -0.05) is 15.9 Å². The van der Waals surface area contributed by atoms with E-state index in [2.05, 4.69) is 21.2 Å². The van der Waals surface area contributed by atoms with E-state index in [1.807, 2.05) is 31.2 Å². The highest BCUT2D eigenvalue weighted by Crippen LogP contribution is 2.19. The lowest BCUT2D eigenvalue weighted by Gasteiger charge is -2.34. The minimum absolute atomic E-state index is 0.0366. The van der Waals surface area contributed by atoms with Gasteiger partial charge in [-0.2, -0.15) is 0 Å². The number of carbonyl (C=O) groups excluding carboxylic acids is 1. The summed E-state index contributed by atoms with van der Waals surface area (Å²) in [5, 5.41) is 3.05. The lowest BCUT2D eigenvalue weighted by molar-refractivity contribution is 0.0272. The van der Waals surface area contributed by atoms with Crippen LogP contribution in [0.3, 0.4) is 0 Å². The van der Waals surface area contributed by atoms with Gasteiger partial charge in [0.05, 0.1) is 12.1 Å². The lowest BCUT2D eigenvalue weighted by atomic mass is 9.94. The zero-order valence-corrected chi connectivity index (χ0v) is 11.4. The number of nitrogens with one attached hydrogen (secondary N) is 1. The molecule has 1 aromatic carbocycles. The van der Waals surface area contributed by atoms with Crippen LogP contribution in [0.5, 0.6) is 0 Å². The normalized spacial score (nSPS) is 24.4. The quantitative estimate of drug-likeness (QED) is 0.911. The van der Waals surface area contributed by atoms with E-state index in [4.69, 9.17) is 4.74 Å². The fourth-order valence-electron chi connectivity index (χ4n) is 1.98. The number of carbonyl (C=O) groups is 1. The van der Waals surface area contributed by atoms with Crippen molar-refractivity contribution in [3.63, 3.8) is 0 Å². The second-order valence-corrected chi connectivity index (χ2v) is 5.59. The Morgan fingerprint density at radius 3 is 2.71 bits per heavy atom. The molecule has 1 aliphatic heterocycles. The second-order valence-electron chi connectivity index (χ2n) is 4.68. The molecule has 0 bridgehead atoms. The molecular weight excluding hydrogens is 282 g/mol. The van der Waals surface area contributed by atoms with Gasteiger partial charge in [0.1, 0.15) is 0 Å². The summed E-state index contributed by atoms with van der Waals surface area (Å²) in [6, 6.07) is 7.36. The average molecular weight is 298 g/mol. The van der Waals surface area contributed by atoms with E-state index in [1.165, 1.54) is 0 Å². The lowest BCUT2D eigenvalue weighted by Crippen LogP contribution is -2.51. The maximum absolute atomic E-state index is 12.0. The summed E-state index contributed by atoms with van der Waals surface area (Å²) in [7, 11) is 0. The summed E-state index contributed by atoms with van der Waals surface area (Å²) in [6.45, 7) is 3.42. The molecule has 92 valence electrons. The van der Waals surface area contributed by atoms with Crippen LogP contribution in [0.2, 0.25) is 0 Å². The van der Waals surface area contributed by atoms with Crippen molar-refractivity contribution in [3.05, 3.63) is 34.3 Å². The third kappa shape index (κ3) is 3.30. The summed E-state index contributed by atoms with van der Waals surface area (Å²) in [4.78, 5) is 12.0. The minimum atomic E-state index is -0.234. The maximum atomic E-state index is 12.0. The maximum Gasteiger partial charge on any atom is 0.251 e. The van der Waals surface area contributed by atoms with Gasteiger partial charge >= 0.3 is 0 Å². The molecule has 1 fully saturated rings. The van der Waals surface area contributed by atoms with Crippen LogP contribution in [0.15, 0.2) is 28.7 Å². The molecule has 17 heavy (non-hydrogen) atoms. The fourth-order valence-corrected chi connectivity index (χ4v) is 2.24. The number of ether oxygens (including phenoxy) is 1. The van der Waals surface area contributed by atoms with Gasteiger partial charge in [0.2, 0.25) is 0 Å². The van der Waals surface area contributed by atoms with Crippen molar-refractivity contribution in [3.8, 4) is 0 Å². The topological polar surface area (TPSA) is 38.3 Å². The molecule has 0 spiro atoms. The van der Waals surface area contributed by atoms with Crippen LogP contribution in [0.25, 0.3) is 0 Å². The van der Waals surface area contributed by atoms with Crippen molar-refractivity contribution in [2.45, 2.75) is 25.3 Å². The summed E-state index contributed by atoms with van der Waals surface area (Å²) in [6.07, 6.45) is 1.96. The van der Waals surface area contributed by atoms with Gasteiger partial charge in [-0.05, 0) is 44.0 Å². The standard InChI is InChI=1S/C13H16BrNO2/c1-13(7-2-8-17-9-13)15-12(16)10-3-5-11(14)6-4-10/h3-6H,2,7-9H2,1H3,(H,15,16). The van der Waals surface area contributed by atoms with Gasteiger partial charge in [-0.25, -0.2) is 0 Å². The monoisotopic (exact) mass is 297 g/mol. The van der Waals surface area contributed by atoms with Crippen LogP contribution < -0.4 is 5.32 Å². The van der Waals surface area contributed by atoms with Crippen molar-refractivity contribution in [2.24, 2.45) is 0 Å². The van der Waals surface area contributed by atoms with E-state index < -0.39 is 0 Å². The summed E-state index contributed by atoms with van der Waals surface area (Å²) >= 11 is 3.35. The summed E-state index contributed by atoms with van der Waals surface area (Å²) in [5.74, 6) is -0.0366. The van der Waals surface area contributed by atoms with Crippen molar-refractivity contribution in [1.82, 2.24) is 5.32 Å². The summed E-state index contributed by atoms with van der Waals surface area (Å²) < 4.78 is 6.39. The molecule has 2 rings (SSSR count). The molecule has 1 aliphatic rings. The molecule has 1 aromatic rings. The largest absolute Gasteiger partial charge is 0.379 e. The van der Waals surface area contributed by atoms with Crippen LogP contribution >= 0.6 is 15.9 Å². The van der Waals surface area contributed by atoms with E-state index in [0.717, 1.165) is 23.9 Å². The first-order valence-corrected chi connectivity index (χ1v) is 6.54. The Labute approximate surface area is 110 Å². The van der Waals surface area contributed by atoms with Crippen molar-refractivity contribution in [1.29, 1.82) is 0 Å². The summed E-state index contributed by atoms with van der Waals surface area (Å²) in [5.41, 5.74) is 0.447.